The molecule has 30 heavy (non-hydrogen) atoms. The number of carbonyl (C=O) groups is 1. The molecule has 1 aliphatic carbocycles. The van der Waals surface area contributed by atoms with Gasteiger partial charge in [-0.3, -0.25) is 4.79 Å². The first-order valence-corrected chi connectivity index (χ1v) is 10.2. The molecular formula is C22H23NO7. The highest BCUT2D eigenvalue weighted by molar-refractivity contribution is 5.88. The molecule has 1 aromatic carbocycles. The number of aromatic nitrogens is 1. The molecule has 3 aliphatic rings. The van der Waals surface area contributed by atoms with E-state index in [9.17, 15) is 14.7 Å². The largest absolute Gasteiger partial charge is 0.489 e. The number of carboxylic acid groups (broad SMARTS) is 1. The lowest BCUT2D eigenvalue weighted by atomic mass is 9.97. The third-order valence-electron chi connectivity index (χ3n) is 5.77. The maximum absolute atomic E-state index is 12.5. The Morgan fingerprint density at radius 3 is 2.87 bits per heavy atom. The van der Waals surface area contributed by atoms with Crippen LogP contribution >= 0.6 is 0 Å². The fourth-order valence-electron chi connectivity index (χ4n) is 4.20. The van der Waals surface area contributed by atoms with Crippen molar-refractivity contribution in [3.8, 4) is 28.5 Å². The molecule has 1 fully saturated rings. The second-order valence-electron chi connectivity index (χ2n) is 7.84. The Morgan fingerprint density at radius 1 is 1.30 bits per heavy atom. The van der Waals surface area contributed by atoms with Crippen molar-refractivity contribution >= 4 is 5.97 Å². The van der Waals surface area contributed by atoms with Crippen LogP contribution in [-0.2, 0) is 11.2 Å². The molecule has 0 bridgehead atoms. The summed E-state index contributed by atoms with van der Waals surface area (Å²) in [5.41, 5.74) is 1.64. The predicted octanol–water partition coefficient (Wildman–Crippen LogP) is 2.86. The van der Waals surface area contributed by atoms with Crippen molar-refractivity contribution in [2.75, 3.05) is 26.9 Å². The van der Waals surface area contributed by atoms with Crippen LogP contribution in [0.4, 0.5) is 0 Å². The van der Waals surface area contributed by atoms with Crippen LogP contribution in [0.3, 0.4) is 0 Å². The van der Waals surface area contributed by atoms with Crippen LogP contribution in [0, 0.1) is 5.92 Å². The van der Waals surface area contributed by atoms with Gasteiger partial charge in [-0.2, -0.15) is 0 Å². The highest BCUT2D eigenvalue weighted by Gasteiger charge is 2.41. The number of hydrogen-bond acceptors (Lipinski definition) is 6. The first-order chi connectivity index (χ1) is 14.6. The molecule has 0 saturated heterocycles. The lowest BCUT2D eigenvalue weighted by Gasteiger charge is -2.33. The van der Waals surface area contributed by atoms with Gasteiger partial charge in [0.1, 0.15) is 11.3 Å². The lowest BCUT2D eigenvalue weighted by molar-refractivity contribution is 0.0689. The maximum Gasteiger partial charge on any atom is 0.341 e. The Morgan fingerprint density at radius 2 is 2.13 bits per heavy atom. The number of rotatable bonds is 7. The summed E-state index contributed by atoms with van der Waals surface area (Å²) in [5.74, 6) is 1.01. The smallest absolute Gasteiger partial charge is 0.341 e. The van der Waals surface area contributed by atoms with E-state index in [1.165, 1.54) is 12.3 Å². The fourth-order valence-corrected chi connectivity index (χ4v) is 4.20. The molecule has 1 unspecified atom stereocenters. The molecule has 1 saturated carbocycles. The zero-order valence-corrected chi connectivity index (χ0v) is 16.7. The van der Waals surface area contributed by atoms with E-state index in [0.29, 0.717) is 49.2 Å². The molecule has 158 valence electrons. The molecule has 8 heteroatoms. The minimum absolute atomic E-state index is 0.248. The van der Waals surface area contributed by atoms with Gasteiger partial charge in [-0.15, -0.1) is 0 Å². The molecule has 5 rings (SSSR count). The predicted molar refractivity (Wildman–Crippen MR) is 107 cm³/mol. The summed E-state index contributed by atoms with van der Waals surface area (Å²) in [6, 6.07) is 3.25. The molecular weight excluding hydrogens is 390 g/mol. The highest BCUT2D eigenvalue weighted by atomic mass is 16.5. The van der Waals surface area contributed by atoms with E-state index in [4.69, 9.17) is 18.9 Å². The maximum atomic E-state index is 12.5. The summed E-state index contributed by atoms with van der Waals surface area (Å²) in [4.78, 5) is 24.0. The molecule has 2 aliphatic heterocycles. The van der Waals surface area contributed by atoms with E-state index in [-0.39, 0.29) is 17.7 Å². The molecule has 0 amide bonds. The molecule has 0 radical (unpaired) electrons. The van der Waals surface area contributed by atoms with E-state index in [2.05, 4.69) is 0 Å². The van der Waals surface area contributed by atoms with E-state index < -0.39 is 11.4 Å². The van der Waals surface area contributed by atoms with E-state index >= 15 is 0 Å². The Labute approximate surface area is 172 Å². The Hall–Kier alpha value is -3.00. The molecule has 0 spiro atoms. The third kappa shape index (κ3) is 3.11. The van der Waals surface area contributed by atoms with Crippen molar-refractivity contribution in [3.63, 3.8) is 0 Å². The second kappa shape index (κ2) is 7.36. The Kier molecular flexibility index (Phi) is 4.66. The monoisotopic (exact) mass is 413 g/mol. The van der Waals surface area contributed by atoms with Gasteiger partial charge in [0.05, 0.1) is 18.9 Å². The normalized spacial score (nSPS) is 18.6. The van der Waals surface area contributed by atoms with E-state index in [1.54, 1.807) is 7.11 Å². The number of carboxylic acids is 1. The SMILES string of the molecule is COCCCOc1cc2c(c3c1OCC3)-c1cc(=O)c(C(=O)O)cn1C(C1CC1)O2. The number of pyridine rings is 1. The molecule has 1 aromatic heterocycles. The third-order valence-corrected chi connectivity index (χ3v) is 5.77. The van der Waals surface area contributed by atoms with Crippen LogP contribution in [0.15, 0.2) is 23.1 Å². The standard InChI is InChI=1S/C22H23NO7/c1-27-6-2-7-28-18-10-17-19(13-5-8-29-20(13)18)15-9-16(24)14(22(25)26)11-23(15)21(30-17)12-3-4-12/h9-12,21H,2-8H2,1H3,(H,25,26). The van der Waals surface area contributed by atoms with Crippen LogP contribution in [0.2, 0.25) is 0 Å². The number of aromatic carboxylic acids is 1. The average Bonchev–Trinajstić information content (AvgIpc) is 3.45. The summed E-state index contributed by atoms with van der Waals surface area (Å²) < 4.78 is 25.1. The molecule has 3 heterocycles. The Bertz CT molecular complexity index is 1070. The molecule has 2 aromatic rings. The van der Waals surface area contributed by atoms with Crippen LogP contribution < -0.4 is 19.6 Å². The van der Waals surface area contributed by atoms with Crippen molar-refractivity contribution in [1.29, 1.82) is 0 Å². The van der Waals surface area contributed by atoms with Crippen LogP contribution in [-0.4, -0.2) is 42.6 Å². The van der Waals surface area contributed by atoms with Crippen LogP contribution in [0.1, 0.15) is 41.4 Å². The van der Waals surface area contributed by atoms with Crippen molar-refractivity contribution < 1.29 is 28.8 Å². The topological polar surface area (TPSA) is 96.2 Å². The average molecular weight is 413 g/mol. The molecule has 1 N–H and O–H groups in total. The summed E-state index contributed by atoms with van der Waals surface area (Å²) in [5, 5.41) is 9.42. The van der Waals surface area contributed by atoms with E-state index in [1.807, 2.05) is 10.6 Å². The van der Waals surface area contributed by atoms with Gasteiger partial charge in [0, 0.05) is 61.9 Å². The number of benzene rings is 1. The number of ether oxygens (including phenoxy) is 4. The van der Waals surface area contributed by atoms with Gasteiger partial charge in [-0.05, 0) is 12.8 Å². The summed E-state index contributed by atoms with van der Waals surface area (Å²) >= 11 is 0. The Balaban J connectivity index is 1.63. The number of methoxy groups -OCH3 is 1. The van der Waals surface area contributed by atoms with Crippen molar-refractivity contribution in [2.45, 2.75) is 31.9 Å². The molecule has 1 atom stereocenters. The second-order valence-corrected chi connectivity index (χ2v) is 7.84. The number of fused-ring (bicyclic) bond motifs is 5. The van der Waals surface area contributed by atoms with Gasteiger partial charge >= 0.3 is 5.97 Å². The van der Waals surface area contributed by atoms with Gasteiger partial charge in [0.15, 0.2) is 23.2 Å². The van der Waals surface area contributed by atoms with Crippen LogP contribution in [0.25, 0.3) is 11.3 Å². The van der Waals surface area contributed by atoms with Crippen molar-refractivity contribution in [2.24, 2.45) is 5.92 Å². The van der Waals surface area contributed by atoms with E-state index in [0.717, 1.165) is 30.4 Å². The number of nitrogens with zero attached hydrogens (tertiary/aromatic N) is 1. The van der Waals surface area contributed by atoms with Gasteiger partial charge in [0.25, 0.3) is 0 Å². The zero-order valence-electron chi connectivity index (χ0n) is 16.7. The first kappa shape index (κ1) is 19.0. The fraction of sp³-hybridized carbons (Fsp3) is 0.455. The molecule has 8 nitrogen and oxygen atoms in total. The number of hydrogen-bond donors (Lipinski definition) is 1. The first-order valence-electron chi connectivity index (χ1n) is 10.2. The van der Waals surface area contributed by atoms with Gasteiger partial charge in [-0.1, -0.05) is 0 Å². The zero-order chi connectivity index (χ0) is 20.8. The highest BCUT2D eigenvalue weighted by Crippen LogP contribution is 2.53. The quantitative estimate of drug-likeness (QED) is 0.697. The van der Waals surface area contributed by atoms with Gasteiger partial charge < -0.3 is 28.6 Å². The van der Waals surface area contributed by atoms with Gasteiger partial charge in [-0.25, -0.2) is 4.79 Å². The lowest BCUT2D eigenvalue weighted by Crippen LogP contribution is -2.28. The minimum atomic E-state index is -1.23. The van der Waals surface area contributed by atoms with Crippen LogP contribution in [0.5, 0.6) is 17.2 Å². The summed E-state index contributed by atoms with van der Waals surface area (Å²) in [7, 11) is 1.65. The van der Waals surface area contributed by atoms with Crippen molar-refractivity contribution in [3.05, 3.63) is 39.7 Å². The summed E-state index contributed by atoms with van der Waals surface area (Å²) in [6.07, 6.45) is 4.50. The van der Waals surface area contributed by atoms with Crippen molar-refractivity contribution in [1.82, 2.24) is 4.57 Å². The minimum Gasteiger partial charge on any atom is -0.489 e. The van der Waals surface area contributed by atoms with Gasteiger partial charge in [0.2, 0.25) is 0 Å². The summed E-state index contributed by atoms with van der Waals surface area (Å²) in [6.45, 7) is 1.62.